The average molecular weight is 511 g/mol. The Morgan fingerprint density at radius 3 is 1.26 bits per heavy atom. The van der Waals surface area contributed by atoms with E-state index in [2.05, 4.69) is 19.7 Å². The van der Waals surface area contributed by atoms with Gasteiger partial charge in [0.25, 0.3) is 0 Å². The molecule has 0 saturated carbocycles. The maximum absolute atomic E-state index is 11.9. The molecule has 0 aliphatic rings. The fourth-order valence-corrected chi connectivity index (χ4v) is 4.37. The molecular weight excluding hydrogens is 480 g/mol. The molecule has 6 nitrogen and oxygen atoms in total. The molecule has 0 amide bonds. The van der Waals surface area contributed by atoms with E-state index in [1.807, 2.05) is 64.1 Å². The molecule has 3 aromatic rings. The van der Waals surface area contributed by atoms with Crippen LogP contribution in [0.5, 0.6) is 17.2 Å². The van der Waals surface area contributed by atoms with Gasteiger partial charge in [0.05, 0.1) is 0 Å². The molecule has 0 N–H and O–H groups in total. The van der Waals surface area contributed by atoms with E-state index >= 15 is 0 Å². The van der Waals surface area contributed by atoms with Crippen molar-refractivity contribution in [1.29, 1.82) is 0 Å². The maximum Gasteiger partial charge on any atom is 0.335 e. The molecule has 0 radical (unpaired) electrons. The third kappa shape index (κ3) is 6.34. The summed E-state index contributed by atoms with van der Waals surface area (Å²) in [6.07, 6.45) is 3.36. The number of carbonyl (C=O) groups excluding carboxylic acids is 3. The summed E-state index contributed by atoms with van der Waals surface area (Å²) in [6, 6.07) is 15.1. The number of benzene rings is 3. The smallest absolute Gasteiger partial charge is 0.335 e. The summed E-state index contributed by atoms with van der Waals surface area (Å²) < 4.78 is 16.2. The van der Waals surface area contributed by atoms with Crippen molar-refractivity contribution in [1.82, 2.24) is 0 Å². The van der Waals surface area contributed by atoms with Gasteiger partial charge in [-0.25, -0.2) is 14.4 Å². The molecule has 0 spiro atoms. The second-order valence-electron chi connectivity index (χ2n) is 8.85. The van der Waals surface area contributed by atoms with Gasteiger partial charge in [0.15, 0.2) is 0 Å². The minimum absolute atomic E-state index is 0.234. The Morgan fingerprint density at radius 2 is 0.921 bits per heavy atom. The first-order valence-electron chi connectivity index (χ1n) is 11.9. The van der Waals surface area contributed by atoms with Crippen LogP contribution < -0.4 is 14.2 Å². The van der Waals surface area contributed by atoms with Crippen molar-refractivity contribution in [3.63, 3.8) is 0 Å². The third-order valence-electron chi connectivity index (χ3n) is 5.97. The van der Waals surface area contributed by atoms with Gasteiger partial charge in [0.2, 0.25) is 0 Å². The van der Waals surface area contributed by atoms with Gasteiger partial charge in [-0.05, 0) is 78.8 Å². The van der Waals surface area contributed by atoms with Crippen LogP contribution in [0.25, 0.3) is 0 Å². The first kappa shape index (κ1) is 27.9. The van der Waals surface area contributed by atoms with Gasteiger partial charge < -0.3 is 14.2 Å². The minimum Gasteiger partial charge on any atom is -0.423 e. The van der Waals surface area contributed by atoms with Crippen LogP contribution in [0.1, 0.15) is 44.9 Å². The molecule has 0 aromatic heterocycles. The summed E-state index contributed by atoms with van der Waals surface area (Å²) in [7, 11) is 0. The summed E-state index contributed by atoms with van der Waals surface area (Å²) in [6.45, 7) is 17.9. The van der Waals surface area contributed by atoms with Gasteiger partial charge >= 0.3 is 17.9 Å². The van der Waals surface area contributed by atoms with Gasteiger partial charge in [0, 0.05) is 24.1 Å². The highest BCUT2D eigenvalue weighted by molar-refractivity contribution is 5.84. The van der Waals surface area contributed by atoms with Crippen molar-refractivity contribution >= 4 is 17.9 Å². The molecule has 0 unspecified atom stereocenters. The quantitative estimate of drug-likeness (QED) is 0.144. The lowest BCUT2D eigenvalue weighted by molar-refractivity contribution is -0.129. The fourth-order valence-electron chi connectivity index (χ4n) is 4.37. The largest absolute Gasteiger partial charge is 0.423 e. The summed E-state index contributed by atoms with van der Waals surface area (Å²) in [4.78, 5) is 35.3. The average Bonchev–Trinajstić information content (AvgIpc) is 2.89. The van der Waals surface area contributed by atoms with Crippen molar-refractivity contribution in [2.75, 3.05) is 0 Å². The molecule has 0 bridgehead atoms. The number of aryl methyl sites for hydroxylation is 4. The number of hydrogen-bond acceptors (Lipinski definition) is 6. The zero-order valence-electron chi connectivity index (χ0n) is 22.0. The van der Waals surface area contributed by atoms with Gasteiger partial charge in [-0.3, -0.25) is 0 Å². The molecule has 0 saturated heterocycles. The number of hydrogen-bond donors (Lipinski definition) is 0. The Balaban J connectivity index is 2.17. The zero-order valence-corrected chi connectivity index (χ0v) is 22.0. The van der Waals surface area contributed by atoms with E-state index < -0.39 is 17.9 Å². The molecular formula is C32H30O6. The van der Waals surface area contributed by atoms with E-state index in [1.165, 1.54) is 0 Å². The topological polar surface area (TPSA) is 78.9 Å². The lowest BCUT2D eigenvalue weighted by Gasteiger charge is -2.23. The predicted octanol–water partition coefficient (Wildman–Crippen LogP) is 6.37. The monoisotopic (exact) mass is 510 g/mol. The van der Waals surface area contributed by atoms with Gasteiger partial charge in [-0.1, -0.05) is 56.1 Å². The lowest BCUT2D eigenvalue weighted by Crippen LogP contribution is -2.10. The maximum atomic E-state index is 11.9. The van der Waals surface area contributed by atoms with E-state index in [9.17, 15) is 14.4 Å². The van der Waals surface area contributed by atoms with Crippen molar-refractivity contribution in [3.05, 3.63) is 125 Å². The van der Waals surface area contributed by atoms with Crippen LogP contribution in [-0.2, 0) is 14.4 Å². The molecule has 0 aliphatic heterocycles. The predicted molar refractivity (Wildman–Crippen MR) is 147 cm³/mol. The number of carbonyl (C=O) groups is 3. The highest BCUT2D eigenvalue weighted by Crippen LogP contribution is 2.39. The zero-order chi connectivity index (χ0) is 28.0. The van der Waals surface area contributed by atoms with E-state index in [4.69, 9.17) is 14.2 Å². The van der Waals surface area contributed by atoms with Gasteiger partial charge in [-0.2, -0.15) is 0 Å². The molecule has 0 heterocycles. The molecule has 3 aromatic carbocycles. The highest BCUT2D eigenvalue weighted by Gasteiger charge is 2.22. The third-order valence-corrected chi connectivity index (χ3v) is 5.97. The Morgan fingerprint density at radius 1 is 0.579 bits per heavy atom. The summed E-state index contributed by atoms with van der Waals surface area (Å²) >= 11 is 0. The Hall–Kier alpha value is -4.71. The first-order chi connectivity index (χ1) is 18.1. The standard InChI is InChI=1S/C32H30O6/c1-8-27(33)36-26-13-11-23(12-14-26)30(24-15-19(4)31(20(5)16-24)37-28(34)9-2)25-17-21(6)32(22(7)18-25)38-29(35)10-3/h8-18,30H,1-3H2,4-7H3. The fraction of sp³-hybridized carbons (Fsp3) is 0.156. The summed E-state index contributed by atoms with van der Waals surface area (Å²) in [5, 5.41) is 0. The van der Waals surface area contributed by atoms with Gasteiger partial charge in [-0.15, -0.1) is 0 Å². The molecule has 6 heteroatoms. The Kier molecular flexibility index (Phi) is 8.81. The van der Waals surface area contributed by atoms with Crippen molar-refractivity contribution < 1.29 is 28.6 Å². The van der Waals surface area contributed by atoms with E-state index in [-0.39, 0.29) is 5.92 Å². The second-order valence-corrected chi connectivity index (χ2v) is 8.85. The van der Waals surface area contributed by atoms with Crippen LogP contribution in [0, 0.1) is 27.7 Å². The Bertz CT molecular complexity index is 1310. The summed E-state index contributed by atoms with van der Waals surface area (Å²) in [5.74, 6) is -0.452. The lowest BCUT2D eigenvalue weighted by atomic mass is 9.82. The summed E-state index contributed by atoms with van der Waals surface area (Å²) in [5.41, 5.74) is 6.03. The van der Waals surface area contributed by atoms with Crippen LogP contribution in [0.4, 0.5) is 0 Å². The molecule has 0 atom stereocenters. The molecule has 194 valence electrons. The van der Waals surface area contributed by atoms with Crippen LogP contribution in [0.15, 0.2) is 86.5 Å². The number of ether oxygens (including phenoxy) is 3. The normalized spacial score (nSPS) is 10.4. The molecule has 38 heavy (non-hydrogen) atoms. The molecule has 0 fully saturated rings. The Labute approximate surface area is 222 Å². The van der Waals surface area contributed by atoms with E-state index in [0.717, 1.165) is 57.2 Å². The van der Waals surface area contributed by atoms with E-state index in [1.54, 1.807) is 12.1 Å². The minimum atomic E-state index is -0.541. The van der Waals surface area contributed by atoms with Gasteiger partial charge in [0.1, 0.15) is 17.2 Å². The van der Waals surface area contributed by atoms with Crippen LogP contribution in [0.2, 0.25) is 0 Å². The SMILES string of the molecule is C=CC(=O)Oc1ccc(C(c2cc(C)c(OC(=O)C=C)c(C)c2)c2cc(C)c(OC(=O)C=C)c(C)c2)cc1. The number of esters is 3. The molecule has 3 rings (SSSR count). The number of rotatable bonds is 9. The molecule has 0 aliphatic carbocycles. The van der Waals surface area contributed by atoms with Crippen molar-refractivity contribution in [3.8, 4) is 17.2 Å². The first-order valence-corrected chi connectivity index (χ1v) is 11.9. The van der Waals surface area contributed by atoms with Crippen LogP contribution in [0.3, 0.4) is 0 Å². The van der Waals surface area contributed by atoms with E-state index in [0.29, 0.717) is 17.2 Å². The van der Waals surface area contributed by atoms with Crippen molar-refractivity contribution in [2.45, 2.75) is 33.6 Å². The van der Waals surface area contributed by atoms with Crippen LogP contribution >= 0.6 is 0 Å². The highest BCUT2D eigenvalue weighted by atomic mass is 16.5. The van der Waals surface area contributed by atoms with Crippen LogP contribution in [-0.4, -0.2) is 17.9 Å². The van der Waals surface area contributed by atoms with Crippen molar-refractivity contribution in [2.24, 2.45) is 0 Å². The second kappa shape index (κ2) is 12.0.